The Kier molecular flexibility index (Phi) is 6.48. The zero-order valence-electron chi connectivity index (χ0n) is 19.5. The highest BCUT2D eigenvalue weighted by Gasteiger charge is 2.11. The van der Waals surface area contributed by atoms with Crippen molar-refractivity contribution in [1.29, 1.82) is 0 Å². The van der Waals surface area contributed by atoms with Crippen LogP contribution in [0.25, 0.3) is 21.9 Å². The minimum atomic E-state index is -1.08. The fourth-order valence-corrected chi connectivity index (χ4v) is 3.97. The molecule has 0 aromatic heterocycles. The van der Waals surface area contributed by atoms with Crippen LogP contribution in [0.15, 0.2) is 109 Å². The standard InChI is InChI=1S/C32H20FNO3/c33-28-14-11-23(12-15-28)25-13-18-30(32(36)37)26(19-25)8-5-21-6-16-29(17-7-21)34-31(35)27-10-9-22-3-1-2-4-24(22)20-27/h1-4,6-7,9-20H,(H,34,35)(H,36,37). The summed E-state index contributed by atoms with van der Waals surface area (Å²) in [5.74, 6) is 4.29. The minimum Gasteiger partial charge on any atom is -0.478 e. The molecule has 37 heavy (non-hydrogen) atoms. The number of amides is 1. The molecule has 0 aliphatic carbocycles. The lowest BCUT2D eigenvalue weighted by molar-refractivity contribution is 0.0696. The van der Waals surface area contributed by atoms with Crippen molar-refractivity contribution in [3.63, 3.8) is 0 Å². The number of halogens is 1. The van der Waals surface area contributed by atoms with Crippen LogP contribution in [0.4, 0.5) is 10.1 Å². The maximum absolute atomic E-state index is 13.3. The summed E-state index contributed by atoms with van der Waals surface area (Å²) in [5, 5.41) is 14.5. The van der Waals surface area contributed by atoms with Crippen LogP contribution in [-0.2, 0) is 0 Å². The Morgan fingerprint density at radius 1 is 0.703 bits per heavy atom. The monoisotopic (exact) mass is 485 g/mol. The van der Waals surface area contributed by atoms with Gasteiger partial charge < -0.3 is 10.4 Å². The molecule has 0 atom stereocenters. The highest BCUT2D eigenvalue weighted by molar-refractivity contribution is 6.06. The Bertz CT molecular complexity index is 1700. The van der Waals surface area contributed by atoms with Gasteiger partial charge in [0.05, 0.1) is 5.56 Å². The van der Waals surface area contributed by atoms with E-state index >= 15 is 0 Å². The first-order chi connectivity index (χ1) is 18.0. The van der Waals surface area contributed by atoms with Gasteiger partial charge in [0.15, 0.2) is 0 Å². The molecule has 5 aromatic rings. The molecule has 0 aliphatic heterocycles. The van der Waals surface area contributed by atoms with E-state index in [9.17, 15) is 19.1 Å². The average Bonchev–Trinajstić information content (AvgIpc) is 2.92. The van der Waals surface area contributed by atoms with Crippen molar-refractivity contribution in [3.05, 3.63) is 137 Å². The lowest BCUT2D eigenvalue weighted by Gasteiger charge is -2.07. The number of carboxylic acids is 1. The molecule has 0 spiro atoms. The van der Waals surface area contributed by atoms with Gasteiger partial charge in [-0.2, -0.15) is 0 Å². The largest absolute Gasteiger partial charge is 0.478 e. The first kappa shape index (κ1) is 23.5. The average molecular weight is 486 g/mol. The van der Waals surface area contributed by atoms with Gasteiger partial charge in [-0.15, -0.1) is 0 Å². The summed E-state index contributed by atoms with van der Waals surface area (Å²) in [6.07, 6.45) is 0. The fourth-order valence-electron chi connectivity index (χ4n) is 3.97. The van der Waals surface area contributed by atoms with Gasteiger partial charge in [-0.05, 0) is 82.6 Å². The van der Waals surface area contributed by atoms with E-state index in [-0.39, 0.29) is 17.3 Å². The Morgan fingerprint density at radius 2 is 1.41 bits per heavy atom. The molecule has 0 saturated heterocycles. The molecule has 178 valence electrons. The number of nitrogens with one attached hydrogen (secondary N) is 1. The van der Waals surface area contributed by atoms with E-state index in [1.54, 1.807) is 54.6 Å². The van der Waals surface area contributed by atoms with Crippen molar-refractivity contribution in [2.24, 2.45) is 0 Å². The number of fused-ring (bicyclic) bond motifs is 1. The van der Waals surface area contributed by atoms with Crippen molar-refractivity contribution < 1.29 is 19.1 Å². The summed E-state index contributed by atoms with van der Waals surface area (Å²) in [6.45, 7) is 0. The number of anilines is 1. The van der Waals surface area contributed by atoms with E-state index in [2.05, 4.69) is 17.2 Å². The Hall–Kier alpha value is -5.21. The maximum atomic E-state index is 13.3. The molecular formula is C32H20FNO3. The number of rotatable bonds is 4. The predicted octanol–water partition coefficient (Wildman–Crippen LogP) is 7.00. The zero-order valence-corrected chi connectivity index (χ0v) is 19.5. The maximum Gasteiger partial charge on any atom is 0.336 e. The van der Waals surface area contributed by atoms with Gasteiger partial charge in [0.2, 0.25) is 0 Å². The summed E-state index contributed by atoms with van der Waals surface area (Å²) < 4.78 is 13.3. The molecule has 0 fully saturated rings. The molecule has 0 aliphatic rings. The van der Waals surface area contributed by atoms with Crippen LogP contribution in [-0.4, -0.2) is 17.0 Å². The third-order valence-corrected chi connectivity index (χ3v) is 5.92. The summed E-state index contributed by atoms with van der Waals surface area (Å²) in [4.78, 5) is 24.4. The number of hydrogen-bond acceptors (Lipinski definition) is 2. The molecule has 0 saturated carbocycles. The molecule has 2 N–H and O–H groups in total. The van der Waals surface area contributed by atoms with Gasteiger partial charge in [-0.3, -0.25) is 4.79 Å². The van der Waals surface area contributed by atoms with Crippen LogP contribution in [0, 0.1) is 17.7 Å². The van der Waals surface area contributed by atoms with Crippen LogP contribution in [0.5, 0.6) is 0 Å². The minimum absolute atomic E-state index is 0.0811. The summed E-state index contributed by atoms with van der Waals surface area (Å²) in [6, 6.07) is 31.2. The lowest BCUT2D eigenvalue weighted by Crippen LogP contribution is -2.11. The second-order valence-electron chi connectivity index (χ2n) is 8.42. The second kappa shape index (κ2) is 10.2. The number of hydrogen-bond donors (Lipinski definition) is 2. The highest BCUT2D eigenvalue weighted by Crippen LogP contribution is 2.23. The lowest BCUT2D eigenvalue weighted by atomic mass is 9.99. The van der Waals surface area contributed by atoms with Crippen LogP contribution in [0.1, 0.15) is 31.8 Å². The van der Waals surface area contributed by atoms with E-state index in [4.69, 9.17) is 0 Å². The number of carbonyl (C=O) groups is 2. The van der Waals surface area contributed by atoms with Crippen molar-refractivity contribution in [2.75, 3.05) is 5.32 Å². The van der Waals surface area contributed by atoms with E-state index in [1.165, 1.54) is 18.2 Å². The highest BCUT2D eigenvalue weighted by atomic mass is 19.1. The van der Waals surface area contributed by atoms with Crippen LogP contribution in [0.2, 0.25) is 0 Å². The summed E-state index contributed by atoms with van der Waals surface area (Å²) in [7, 11) is 0. The van der Waals surface area contributed by atoms with Gasteiger partial charge in [0.25, 0.3) is 5.91 Å². The number of carboxylic acid groups (broad SMARTS) is 1. The van der Waals surface area contributed by atoms with Crippen LogP contribution < -0.4 is 5.32 Å². The smallest absolute Gasteiger partial charge is 0.336 e. The first-order valence-electron chi connectivity index (χ1n) is 11.5. The molecule has 5 heteroatoms. The molecule has 5 rings (SSSR count). The van der Waals surface area contributed by atoms with E-state index in [0.717, 1.165) is 21.9 Å². The van der Waals surface area contributed by atoms with E-state index in [0.29, 0.717) is 22.4 Å². The third-order valence-electron chi connectivity index (χ3n) is 5.92. The number of carbonyl (C=O) groups excluding carboxylic acids is 1. The molecule has 1 amide bonds. The molecule has 0 bridgehead atoms. The predicted molar refractivity (Wildman–Crippen MR) is 143 cm³/mol. The normalized spacial score (nSPS) is 10.4. The molecular weight excluding hydrogens is 465 g/mol. The summed E-state index contributed by atoms with van der Waals surface area (Å²) >= 11 is 0. The molecule has 0 radical (unpaired) electrons. The van der Waals surface area contributed by atoms with Gasteiger partial charge in [-0.1, -0.05) is 60.4 Å². The fraction of sp³-hybridized carbons (Fsp3) is 0. The van der Waals surface area contributed by atoms with Gasteiger partial charge in [0.1, 0.15) is 5.82 Å². The third kappa shape index (κ3) is 5.39. The topological polar surface area (TPSA) is 66.4 Å². The molecule has 0 unspecified atom stereocenters. The van der Waals surface area contributed by atoms with Gasteiger partial charge in [-0.25, -0.2) is 9.18 Å². The first-order valence-corrected chi connectivity index (χ1v) is 11.5. The van der Waals surface area contributed by atoms with Gasteiger partial charge >= 0.3 is 5.97 Å². The Morgan fingerprint density at radius 3 is 2.14 bits per heavy atom. The summed E-state index contributed by atoms with van der Waals surface area (Å²) in [5.41, 5.74) is 3.76. The van der Waals surface area contributed by atoms with Crippen molar-refractivity contribution in [3.8, 4) is 23.0 Å². The van der Waals surface area contributed by atoms with Crippen molar-refractivity contribution >= 4 is 28.3 Å². The number of aromatic carboxylic acids is 1. The van der Waals surface area contributed by atoms with Gasteiger partial charge in [0, 0.05) is 22.4 Å². The van der Waals surface area contributed by atoms with E-state index < -0.39 is 5.97 Å². The van der Waals surface area contributed by atoms with Crippen LogP contribution >= 0.6 is 0 Å². The molecule has 0 heterocycles. The number of benzene rings is 5. The van der Waals surface area contributed by atoms with Crippen molar-refractivity contribution in [2.45, 2.75) is 0 Å². The Labute approximate surface area is 213 Å². The zero-order chi connectivity index (χ0) is 25.8. The second-order valence-corrected chi connectivity index (χ2v) is 8.42. The quantitative estimate of drug-likeness (QED) is 0.270. The molecule has 5 aromatic carbocycles. The SMILES string of the molecule is O=C(Nc1ccc(C#Cc2cc(-c3ccc(F)cc3)ccc2C(=O)O)cc1)c1ccc2ccccc2c1. The van der Waals surface area contributed by atoms with Crippen LogP contribution in [0.3, 0.4) is 0 Å². The van der Waals surface area contributed by atoms with E-state index in [1.807, 2.05) is 36.4 Å². The van der Waals surface area contributed by atoms with Crippen molar-refractivity contribution in [1.82, 2.24) is 0 Å². The molecule has 4 nitrogen and oxygen atoms in total. The Balaban J connectivity index is 1.35.